The summed E-state index contributed by atoms with van der Waals surface area (Å²) >= 11 is 1.73. The van der Waals surface area contributed by atoms with Gasteiger partial charge in [-0.2, -0.15) is 0 Å². The van der Waals surface area contributed by atoms with Crippen LogP contribution in [0.4, 0.5) is 8.78 Å². The van der Waals surface area contributed by atoms with E-state index < -0.39 is 17.7 Å². The summed E-state index contributed by atoms with van der Waals surface area (Å²) in [6.07, 6.45) is 0. The summed E-state index contributed by atoms with van der Waals surface area (Å²) in [5, 5.41) is 0. The predicted molar refractivity (Wildman–Crippen MR) is 73.2 cm³/mol. The lowest BCUT2D eigenvalue weighted by Crippen LogP contribution is -2.21. The first kappa shape index (κ1) is 12.6. The zero-order chi connectivity index (χ0) is 13.4. The van der Waals surface area contributed by atoms with Gasteiger partial charge in [-0.1, -0.05) is 24.3 Å². The van der Waals surface area contributed by atoms with Gasteiger partial charge in [0.05, 0.1) is 0 Å². The van der Waals surface area contributed by atoms with Crippen LogP contribution in [-0.2, 0) is 0 Å². The molecule has 0 saturated heterocycles. The minimum atomic E-state index is -0.574. The Balaban J connectivity index is 1.95. The molecule has 2 atom stereocenters. The largest absolute Gasteiger partial charge is 0.323 e. The second-order valence-electron chi connectivity index (χ2n) is 4.65. The van der Waals surface area contributed by atoms with Gasteiger partial charge in [0.2, 0.25) is 0 Å². The zero-order valence-corrected chi connectivity index (χ0v) is 11.0. The van der Waals surface area contributed by atoms with Crippen molar-refractivity contribution >= 4 is 11.8 Å². The molecule has 2 unspecified atom stereocenters. The summed E-state index contributed by atoms with van der Waals surface area (Å²) in [6, 6.07) is 11.2. The van der Waals surface area contributed by atoms with E-state index in [-0.39, 0.29) is 5.92 Å². The second-order valence-corrected chi connectivity index (χ2v) is 5.71. The molecule has 3 rings (SSSR count). The summed E-state index contributed by atoms with van der Waals surface area (Å²) in [5.74, 6) is -0.241. The molecule has 2 aromatic rings. The number of fused-ring (bicyclic) bond motifs is 1. The Labute approximate surface area is 114 Å². The van der Waals surface area contributed by atoms with Crippen molar-refractivity contribution in [2.24, 2.45) is 5.73 Å². The molecule has 1 heterocycles. The number of hydrogen-bond acceptors (Lipinski definition) is 2. The van der Waals surface area contributed by atoms with E-state index in [0.717, 1.165) is 17.4 Å². The molecule has 0 bridgehead atoms. The molecular formula is C15H13F2NS. The number of nitrogens with two attached hydrogens (primary N) is 1. The fourth-order valence-corrected chi connectivity index (χ4v) is 3.78. The maximum Gasteiger partial charge on any atom is 0.130 e. The Morgan fingerprint density at radius 1 is 1.16 bits per heavy atom. The SMILES string of the molecule is NC(c1ccc(F)cc1F)C1CSc2ccccc21. The van der Waals surface area contributed by atoms with Gasteiger partial charge >= 0.3 is 0 Å². The standard InChI is InChI=1S/C15H13F2NS/c16-9-5-6-11(13(17)7-9)15(18)12-8-19-14-4-2-1-3-10(12)14/h1-7,12,15H,8,18H2. The van der Waals surface area contributed by atoms with E-state index in [9.17, 15) is 8.78 Å². The lowest BCUT2D eigenvalue weighted by atomic mass is 9.89. The summed E-state index contributed by atoms with van der Waals surface area (Å²) in [4.78, 5) is 1.20. The van der Waals surface area contributed by atoms with Gasteiger partial charge in [-0.15, -0.1) is 11.8 Å². The first-order valence-corrected chi connectivity index (χ1v) is 7.07. The Morgan fingerprint density at radius 3 is 2.74 bits per heavy atom. The Hall–Kier alpha value is -1.39. The fraction of sp³-hybridized carbons (Fsp3) is 0.200. The van der Waals surface area contributed by atoms with Crippen molar-refractivity contribution in [3.63, 3.8) is 0 Å². The van der Waals surface area contributed by atoms with E-state index in [4.69, 9.17) is 5.73 Å². The van der Waals surface area contributed by atoms with Crippen molar-refractivity contribution in [1.82, 2.24) is 0 Å². The third-order valence-corrected chi connectivity index (χ3v) is 4.70. The average molecular weight is 277 g/mol. The van der Waals surface area contributed by atoms with Crippen molar-refractivity contribution in [3.05, 3.63) is 65.2 Å². The number of thioether (sulfide) groups is 1. The molecule has 0 radical (unpaired) electrons. The number of hydrogen-bond donors (Lipinski definition) is 1. The van der Waals surface area contributed by atoms with Crippen LogP contribution in [0, 0.1) is 11.6 Å². The van der Waals surface area contributed by atoms with Crippen LogP contribution in [0.1, 0.15) is 23.1 Å². The van der Waals surface area contributed by atoms with E-state index in [1.807, 2.05) is 24.3 Å². The Kier molecular flexibility index (Phi) is 3.29. The van der Waals surface area contributed by atoms with Crippen LogP contribution in [0.3, 0.4) is 0 Å². The molecule has 0 spiro atoms. The monoisotopic (exact) mass is 277 g/mol. The third kappa shape index (κ3) is 2.26. The molecule has 1 aliphatic heterocycles. The predicted octanol–water partition coefficient (Wildman–Crippen LogP) is 3.85. The van der Waals surface area contributed by atoms with Gasteiger partial charge in [-0.3, -0.25) is 0 Å². The molecule has 1 nitrogen and oxygen atoms in total. The summed E-state index contributed by atoms with van der Waals surface area (Å²) in [6.45, 7) is 0. The van der Waals surface area contributed by atoms with Gasteiger partial charge in [0, 0.05) is 34.2 Å². The van der Waals surface area contributed by atoms with Gasteiger partial charge in [0.1, 0.15) is 11.6 Å². The average Bonchev–Trinajstić information content (AvgIpc) is 2.82. The van der Waals surface area contributed by atoms with Crippen molar-refractivity contribution < 1.29 is 8.78 Å². The second kappa shape index (κ2) is 4.94. The van der Waals surface area contributed by atoms with Crippen LogP contribution < -0.4 is 5.73 Å². The molecule has 1 aliphatic rings. The highest BCUT2D eigenvalue weighted by Crippen LogP contribution is 2.44. The zero-order valence-electron chi connectivity index (χ0n) is 10.1. The molecule has 0 amide bonds. The van der Waals surface area contributed by atoms with Crippen molar-refractivity contribution in [3.8, 4) is 0 Å². The van der Waals surface area contributed by atoms with E-state index >= 15 is 0 Å². The maximum atomic E-state index is 13.8. The van der Waals surface area contributed by atoms with Gasteiger partial charge in [-0.05, 0) is 17.7 Å². The summed E-state index contributed by atoms with van der Waals surface area (Å²) in [7, 11) is 0. The topological polar surface area (TPSA) is 26.0 Å². The molecule has 98 valence electrons. The molecule has 19 heavy (non-hydrogen) atoms. The fourth-order valence-electron chi connectivity index (χ4n) is 2.47. The molecule has 2 aromatic carbocycles. The number of halogens is 2. The first-order valence-electron chi connectivity index (χ1n) is 6.09. The molecule has 0 aromatic heterocycles. The normalized spacial score (nSPS) is 19.2. The quantitative estimate of drug-likeness (QED) is 0.902. The molecule has 0 fully saturated rings. The van der Waals surface area contributed by atoms with Crippen molar-refractivity contribution in [1.29, 1.82) is 0 Å². The van der Waals surface area contributed by atoms with Crippen LogP contribution in [0.15, 0.2) is 47.4 Å². The van der Waals surface area contributed by atoms with Crippen LogP contribution in [0.25, 0.3) is 0 Å². The Morgan fingerprint density at radius 2 is 1.95 bits per heavy atom. The summed E-state index contributed by atoms with van der Waals surface area (Å²) < 4.78 is 26.7. The lowest BCUT2D eigenvalue weighted by molar-refractivity contribution is 0.530. The van der Waals surface area contributed by atoms with Crippen molar-refractivity contribution in [2.45, 2.75) is 16.9 Å². The van der Waals surface area contributed by atoms with Crippen molar-refractivity contribution in [2.75, 3.05) is 5.75 Å². The lowest BCUT2D eigenvalue weighted by Gasteiger charge is -2.20. The van der Waals surface area contributed by atoms with Gasteiger partial charge in [-0.25, -0.2) is 8.78 Å². The highest BCUT2D eigenvalue weighted by molar-refractivity contribution is 7.99. The maximum absolute atomic E-state index is 13.8. The smallest absolute Gasteiger partial charge is 0.130 e. The van der Waals surface area contributed by atoms with Gasteiger partial charge in [0.15, 0.2) is 0 Å². The first-order chi connectivity index (χ1) is 9.16. The Bertz CT molecular complexity index is 615. The highest BCUT2D eigenvalue weighted by atomic mass is 32.2. The molecule has 2 N–H and O–H groups in total. The van der Waals surface area contributed by atoms with E-state index in [1.54, 1.807) is 11.8 Å². The highest BCUT2D eigenvalue weighted by Gasteiger charge is 2.30. The van der Waals surface area contributed by atoms with Gasteiger partial charge in [0.25, 0.3) is 0 Å². The molecule has 4 heteroatoms. The third-order valence-electron chi connectivity index (χ3n) is 3.49. The molecule has 0 aliphatic carbocycles. The molecular weight excluding hydrogens is 264 g/mol. The minimum Gasteiger partial charge on any atom is -0.323 e. The molecule has 0 saturated carbocycles. The van der Waals surface area contributed by atoms with Crippen LogP contribution in [0.5, 0.6) is 0 Å². The van der Waals surface area contributed by atoms with Gasteiger partial charge < -0.3 is 5.73 Å². The van der Waals surface area contributed by atoms with Crippen LogP contribution in [0.2, 0.25) is 0 Å². The van der Waals surface area contributed by atoms with Crippen LogP contribution in [-0.4, -0.2) is 5.75 Å². The van der Waals surface area contributed by atoms with E-state index in [0.29, 0.717) is 5.56 Å². The number of rotatable bonds is 2. The number of benzene rings is 2. The minimum absolute atomic E-state index is 0.0705. The van der Waals surface area contributed by atoms with E-state index in [1.165, 1.54) is 17.0 Å². The summed E-state index contributed by atoms with van der Waals surface area (Å²) in [5.41, 5.74) is 7.72. The van der Waals surface area contributed by atoms with E-state index in [2.05, 4.69) is 0 Å². The van der Waals surface area contributed by atoms with Crippen LogP contribution >= 0.6 is 11.8 Å².